The fraction of sp³-hybridized carbons (Fsp3) is 0.353. The number of anilines is 1. The van der Waals surface area contributed by atoms with Crippen LogP contribution in [0.1, 0.15) is 18.4 Å². The highest BCUT2D eigenvalue weighted by molar-refractivity contribution is 6.29. The molecule has 3 rings (SSSR count). The highest BCUT2D eigenvalue weighted by atomic mass is 35.5. The number of ether oxygens (including phenoxy) is 2. The summed E-state index contributed by atoms with van der Waals surface area (Å²) < 4.78 is 11.2. The van der Waals surface area contributed by atoms with Crippen molar-refractivity contribution in [2.45, 2.75) is 25.5 Å². The van der Waals surface area contributed by atoms with E-state index in [1.54, 1.807) is 6.07 Å². The van der Waals surface area contributed by atoms with Gasteiger partial charge in [0.2, 0.25) is 0 Å². The van der Waals surface area contributed by atoms with Gasteiger partial charge in [0.1, 0.15) is 23.3 Å². The van der Waals surface area contributed by atoms with E-state index in [0.29, 0.717) is 17.8 Å². The van der Waals surface area contributed by atoms with Crippen molar-refractivity contribution in [1.29, 1.82) is 0 Å². The van der Waals surface area contributed by atoms with Crippen molar-refractivity contribution in [3.63, 3.8) is 0 Å². The van der Waals surface area contributed by atoms with Crippen LogP contribution in [-0.4, -0.2) is 24.2 Å². The van der Waals surface area contributed by atoms with Crippen molar-refractivity contribution in [3.8, 4) is 5.75 Å². The fourth-order valence-corrected chi connectivity index (χ4v) is 2.62. The van der Waals surface area contributed by atoms with Crippen LogP contribution in [0.5, 0.6) is 5.75 Å². The van der Waals surface area contributed by atoms with E-state index in [-0.39, 0.29) is 0 Å². The Bertz CT molecular complexity index is 601. The Kier molecular flexibility index (Phi) is 5.14. The molecule has 1 saturated heterocycles. The first-order valence-corrected chi connectivity index (χ1v) is 7.86. The molecule has 1 aromatic heterocycles. The van der Waals surface area contributed by atoms with Crippen LogP contribution in [-0.2, 0) is 11.3 Å². The second kappa shape index (κ2) is 7.47. The molecule has 0 spiro atoms. The van der Waals surface area contributed by atoms with E-state index in [1.807, 2.05) is 36.4 Å². The molecule has 1 N–H and O–H groups in total. The van der Waals surface area contributed by atoms with Crippen LogP contribution in [0.2, 0.25) is 5.15 Å². The first kappa shape index (κ1) is 15.1. The molecule has 4 nitrogen and oxygen atoms in total. The maximum absolute atomic E-state index is 6.09. The fourth-order valence-electron chi connectivity index (χ4n) is 2.42. The summed E-state index contributed by atoms with van der Waals surface area (Å²) in [4.78, 5) is 4.32. The quantitative estimate of drug-likeness (QED) is 0.849. The summed E-state index contributed by atoms with van der Waals surface area (Å²) in [5.74, 6) is 1.47. The highest BCUT2D eigenvalue weighted by Gasteiger charge is 2.14. The lowest BCUT2D eigenvalue weighted by Crippen LogP contribution is -2.28. The molecule has 2 heterocycles. The molecule has 1 aliphatic heterocycles. The van der Waals surface area contributed by atoms with Gasteiger partial charge in [-0.25, -0.2) is 4.98 Å². The zero-order valence-corrected chi connectivity index (χ0v) is 13.1. The van der Waals surface area contributed by atoms with Gasteiger partial charge in [0.25, 0.3) is 0 Å². The lowest BCUT2D eigenvalue weighted by molar-refractivity contribution is 0.0904. The first-order chi connectivity index (χ1) is 10.8. The van der Waals surface area contributed by atoms with Crippen molar-refractivity contribution in [1.82, 2.24) is 4.98 Å². The maximum atomic E-state index is 6.09. The highest BCUT2D eigenvalue weighted by Crippen LogP contribution is 2.23. The van der Waals surface area contributed by atoms with Gasteiger partial charge in [-0.1, -0.05) is 41.9 Å². The zero-order valence-electron chi connectivity index (χ0n) is 12.3. The van der Waals surface area contributed by atoms with Gasteiger partial charge in [-0.05, 0) is 18.4 Å². The van der Waals surface area contributed by atoms with E-state index in [4.69, 9.17) is 21.1 Å². The van der Waals surface area contributed by atoms with Crippen LogP contribution in [0.25, 0.3) is 0 Å². The Labute approximate surface area is 135 Å². The minimum atomic E-state index is 0.377. The third-order valence-corrected chi connectivity index (χ3v) is 3.78. The average Bonchev–Trinajstić information content (AvgIpc) is 2.54. The second-order valence-corrected chi connectivity index (χ2v) is 5.70. The Hall–Kier alpha value is -1.78. The summed E-state index contributed by atoms with van der Waals surface area (Å²) in [6.45, 7) is 2.09. The summed E-state index contributed by atoms with van der Waals surface area (Å²) in [5.41, 5.74) is 1.12. The van der Waals surface area contributed by atoms with Gasteiger partial charge in [0.05, 0.1) is 0 Å². The zero-order chi connectivity index (χ0) is 15.2. The van der Waals surface area contributed by atoms with E-state index in [2.05, 4.69) is 10.3 Å². The number of hydrogen-bond acceptors (Lipinski definition) is 4. The number of benzene rings is 1. The lowest BCUT2D eigenvalue weighted by atomic mass is 10.1. The molecule has 0 bridgehead atoms. The smallest absolute Gasteiger partial charge is 0.135 e. The molecule has 22 heavy (non-hydrogen) atoms. The topological polar surface area (TPSA) is 43.4 Å². The van der Waals surface area contributed by atoms with Crippen LogP contribution < -0.4 is 10.1 Å². The third-order valence-electron chi connectivity index (χ3n) is 3.59. The summed E-state index contributed by atoms with van der Waals surface area (Å²) in [6.07, 6.45) is 1.96. The molecule has 116 valence electrons. The Morgan fingerprint density at radius 3 is 2.73 bits per heavy atom. The van der Waals surface area contributed by atoms with E-state index >= 15 is 0 Å². The maximum Gasteiger partial charge on any atom is 0.135 e. The van der Waals surface area contributed by atoms with E-state index in [9.17, 15) is 0 Å². The van der Waals surface area contributed by atoms with Crippen LogP contribution in [0.3, 0.4) is 0 Å². The third kappa shape index (κ3) is 4.36. The van der Waals surface area contributed by atoms with Crippen molar-refractivity contribution in [2.24, 2.45) is 0 Å². The number of halogens is 1. The van der Waals surface area contributed by atoms with E-state index in [1.165, 1.54) is 0 Å². The van der Waals surface area contributed by atoms with Crippen LogP contribution >= 0.6 is 11.6 Å². The summed E-state index contributed by atoms with van der Waals surface area (Å²) >= 11 is 6.09. The van der Waals surface area contributed by atoms with Gasteiger partial charge >= 0.3 is 0 Å². The molecule has 1 aliphatic rings. The number of nitrogens with one attached hydrogen (secondary N) is 1. The monoisotopic (exact) mass is 318 g/mol. The molecule has 5 heteroatoms. The molecule has 0 aliphatic carbocycles. The average molecular weight is 319 g/mol. The normalized spacial score (nSPS) is 15.5. The number of rotatable bonds is 5. The van der Waals surface area contributed by atoms with Gasteiger partial charge in [-0.15, -0.1) is 0 Å². The molecular formula is C17H19ClN2O2. The van der Waals surface area contributed by atoms with Gasteiger partial charge in [-0.3, -0.25) is 0 Å². The Morgan fingerprint density at radius 2 is 1.95 bits per heavy atom. The summed E-state index contributed by atoms with van der Waals surface area (Å²) in [7, 11) is 0. The standard InChI is InChI=1S/C17H19ClN2O2/c18-16-10-15(22-12-13-4-2-1-3-5-13)11-17(20-16)19-14-6-8-21-9-7-14/h1-5,10-11,14H,6-9,12H2,(H,19,20). The van der Waals surface area contributed by atoms with Crippen molar-refractivity contribution in [2.75, 3.05) is 18.5 Å². The molecule has 1 fully saturated rings. The molecule has 0 unspecified atom stereocenters. The first-order valence-electron chi connectivity index (χ1n) is 7.48. The predicted octanol–water partition coefficient (Wildman–Crippen LogP) is 3.90. The van der Waals surface area contributed by atoms with Crippen molar-refractivity contribution in [3.05, 3.63) is 53.2 Å². The van der Waals surface area contributed by atoms with Crippen molar-refractivity contribution >= 4 is 17.4 Å². The molecule has 0 amide bonds. The van der Waals surface area contributed by atoms with Gasteiger partial charge in [0, 0.05) is 31.4 Å². The molecule has 0 atom stereocenters. The largest absolute Gasteiger partial charge is 0.489 e. The Balaban J connectivity index is 1.64. The van der Waals surface area contributed by atoms with Gasteiger partial charge < -0.3 is 14.8 Å². The molecule has 0 saturated carbocycles. The molecular weight excluding hydrogens is 300 g/mol. The minimum absolute atomic E-state index is 0.377. The van der Waals surface area contributed by atoms with E-state index < -0.39 is 0 Å². The van der Waals surface area contributed by atoms with Gasteiger partial charge in [-0.2, -0.15) is 0 Å². The van der Waals surface area contributed by atoms with Crippen LogP contribution in [0, 0.1) is 0 Å². The Morgan fingerprint density at radius 1 is 1.18 bits per heavy atom. The lowest BCUT2D eigenvalue weighted by Gasteiger charge is -2.23. The molecule has 0 radical (unpaired) electrons. The summed E-state index contributed by atoms with van der Waals surface area (Å²) in [5, 5.41) is 3.84. The number of aromatic nitrogens is 1. The number of hydrogen-bond donors (Lipinski definition) is 1. The molecule has 1 aromatic carbocycles. The summed E-state index contributed by atoms with van der Waals surface area (Å²) in [6, 6.07) is 14.1. The predicted molar refractivity (Wildman–Crippen MR) is 87.5 cm³/mol. The van der Waals surface area contributed by atoms with Crippen LogP contribution in [0.15, 0.2) is 42.5 Å². The minimum Gasteiger partial charge on any atom is -0.489 e. The number of nitrogens with zero attached hydrogens (tertiary/aromatic N) is 1. The number of pyridine rings is 1. The van der Waals surface area contributed by atoms with Crippen molar-refractivity contribution < 1.29 is 9.47 Å². The van der Waals surface area contributed by atoms with Gasteiger partial charge in [0.15, 0.2) is 0 Å². The van der Waals surface area contributed by atoms with E-state index in [0.717, 1.165) is 43.2 Å². The van der Waals surface area contributed by atoms with Crippen LogP contribution in [0.4, 0.5) is 5.82 Å². The second-order valence-electron chi connectivity index (χ2n) is 5.32. The SMILES string of the molecule is Clc1cc(OCc2ccccc2)cc(NC2CCOCC2)n1. The molecule has 2 aromatic rings.